The Kier molecular flexibility index (Phi) is 3.42. The van der Waals surface area contributed by atoms with Gasteiger partial charge < -0.3 is 15.2 Å². The summed E-state index contributed by atoms with van der Waals surface area (Å²) in [4.78, 5) is 21.1. The number of fused-ring (bicyclic) bond motifs is 1. The van der Waals surface area contributed by atoms with Crippen LogP contribution < -0.4 is 10.1 Å². The Balaban J connectivity index is 2.45. The van der Waals surface area contributed by atoms with E-state index >= 15 is 0 Å². The molecular weight excluding hydrogens is 299 g/mol. The maximum absolute atomic E-state index is 10.9. The first kappa shape index (κ1) is 13.7. The van der Waals surface area contributed by atoms with Gasteiger partial charge >= 0.3 is 5.97 Å². The van der Waals surface area contributed by atoms with Gasteiger partial charge in [0.2, 0.25) is 5.72 Å². The number of benzene rings is 1. The van der Waals surface area contributed by atoms with Gasteiger partial charge in [0, 0.05) is 12.1 Å². The number of halogens is 2. The van der Waals surface area contributed by atoms with E-state index < -0.39 is 23.0 Å². The number of hydrogen-bond acceptors (Lipinski definition) is 5. The molecule has 1 aliphatic rings. The van der Waals surface area contributed by atoms with Crippen molar-refractivity contribution in [1.82, 2.24) is 0 Å². The van der Waals surface area contributed by atoms with Crippen molar-refractivity contribution >= 4 is 40.5 Å². The van der Waals surface area contributed by atoms with Gasteiger partial charge in [0.25, 0.3) is 5.69 Å². The number of carboxylic acid groups (broad SMARTS) is 1. The second kappa shape index (κ2) is 4.75. The summed E-state index contributed by atoms with van der Waals surface area (Å²) < 4.78 is 5.41. The van der Waals surface area contributed by atoms with Crippen LogP contribution in [0.2, 0.25) is 5.02 Å². The fourth-order valence-electron chi connectivity index (χ4n) is 1.81. The highest BCUT2D eigenvalue weighted by atomic mass is 35.5. The van der Waals surface area contributed by atoms with Crippen LogP contribution in [0.1, 0.15) is 6.42 Å². The Morgan fingerprint density at radius 3 is 2.79 bits per heavy atom. The van der Waals surface area contributed by atoms with Gasteiger partial charge in [-0.3, -0.25) is 14.9 Å². The van der Waals surface area contributed by atoms with Crippen LogP contribution in [0, 0.1) is 10.1 Å². The Morgan fingerprint density at radius 2 is 2.26 bits per heavy atom. The van der Waals surface area contributed by atoms with Crippen molar-refractivity contribution in [3.8, 4) is 5.75 Å². The second-order valence-corrected chi connectivity index (χ2v) is 4.68. The highest BCUT2D eigenvalue weighted by Gasteiger charge is 2.43. The molecule has 0 aliphatic carbocycles. The minimum Gasteiger partial charge on any atom is -0.481 e. The summed E-state index contributed by atoms with van der Waals surface area (Å²) >= 11 is 11.5. The summed E-state index contributed by atoms with van der Waals surface area (Å²) in [7, 11) is 0. The van der Waals surface area contributed by atoms with Crippen molar-refractivity contribution < 1.29 is 19.6 Å². The molecule has 7 nitrogen and oxygen atoms in total. The number of aliphatic carboxylic acids is 1. The number of hydrogen-bond donors (Lipinski definition) is 2. The van der Waals surface area contributed by atoms with Crippen molar-refractivity contribution in [3.63, 3.8) is 0 Å². The third-order valence-corrected chi connectivity index (χ3v) is 3.20. The lowest BCUT2D eigenvalue weighted by Gasteiger charge is -2.24. The van der Waals surface area contributed by atoms with Crippen LogP contribution in [-0.4, -0.2) is 27.6 Å². The van der Waals surface area contributed by atoms with E-state index in [1.165, 1.54) is 6.07 Å². The Bertz CT molecular complexity index is 565. The predicted molar refractivity (Wildman–Crippen MR) is 68.1 cm³/mol. The van der Waals surface area contributed by atoms with Crippen LogP contribution in [0.3, 0.4) is 0 Å². The van der Waals surface area contributed by atoms with Gasteiger partial charge in [-0.25, -0.2) is 0 Å². The molecular formula is C10H8Cl2N2O5. The van der Waals surface area contributed by atoms with Gasteiger partial charge in [-0.05, 0) is 0 Å². The third-order valence-electron chi connectivity index (χ3n) is 2.55. The van der Waals surface area contributed by atoms with Crippen molar-refractivity contribution in [1.29, 1.82) is 0 Å². The van der Waals surface area contributed by atoms with Crippen LogP contribution in [-0.2, 0) is 4.79 Å². The largest absolute Gasteiger partial charge is 0.481 e. The van der Waals surface area contributed by atoms with Gasteiger partial charge in [0.15, 0.2) is 11.4 Å². The third kappa shape index (κ3) is 2.52. The van der Waals surface area contributed by atoms with E-state index in [1.807, 2.05) is 0 Å². The molecule has 1 aromatic carbocycles. The summed E-state index contributed by atoms with van der Waals surface area (Å²) in [5, 5.41) is 22.6. The summed E-state index contributed by atoms with van der Waals surface area (Å²) in [5.41, 5.74) is -1.62. The first-order valence-corrected chi connectivity index (χ1v) is 6.01. The van der Waals surface area contributed by atoms with Crippen molar-refractivity contribution in [3.05, 3.63) is 27.3 Å². The molecule has 2 rings (SSSR count). The molecule has 0 aromatic heterocycles. The number of carboxylic acids is 1. The molecule has 0 saturated heterocycles. The number of nitrogens with one attached hydrogen (secondary N) is 1. The van der Waals surface area contributed by atoms with Gasteiger partial charge in [0.05, 0.1) is 15.8 Å². The monoisotopic (exact) mass is 306 g/mol. The zero-order chi connectivity index (χ0) is 14.2. The van der Waals surface area contributed by atoms with Crippen molar-refractivity contribution in [2.75, 3.05) is 11.2 Å². The number of nitrogens with zero attached hydrogens (tertiary/aromatic N) is 1. The summed E-state index contributed by atoms with van der Waals surface area (Å²) in [6.45, 7) is 0. The maximum atomic E-state index is 10.9. The number of ether oxygens (including phenoxy) is 1. The number of carbonyl (C=O) groups is 1. The molecule has 1 aromatic rings. The number of anilines is 1. The molecule has 2 N–H and O–H groups in total. The molecule has 1 atom stereocenters. The number of alkyl halides is 1. The topological polar surface area (TPSA) is 102 Å². The molecule has 0 amide bonds. The standard InChI is InChI=1S/C10H8Cl2N2O5/c11-4-10(3-8(15)16)13-9-6(14(17)18)1-5(12)2-7(9)19-10/h1-2,13H,3-4H2,(H,15,16). The minimum atomic E-state index is -1.41. The van der Waals surface area contributed by atoms with Crippen LogP contribution in [0.25, 0.3) is 0 Å². The van der Waals surface area contributed by atoms with E-state index in [2.05, 4.69) is 5.32 Å². The Hall–Kier alpha value is -1.73. The first-order valence-electron chi connectivity index (χ1n) is 5.10. The Morgan fingerprint density at radius 1 is 1.58 bits per heavy atom. The van der Waals surface area contributed by atoms with Gasteiger partial charge in [-0.15, -0.1) is 11.6 Å². The van der Waals surface area contributed by atoms with Crippen LogP contribution in [0.15, 0.2) is 12.1 Å². The Labute approximate surface area is 117 Å². The van der Waals surface area contributed by atoms with Crippen molar-refractivity contribution in [2.24, 2.45) is 0 Å². The summed E-state index contributed by atoms with van der Waals surface area (Å²) in [5.74, 6) is -1.22. The molecule has 0 fully saturated rings. The van der Waals surface area contributed by atoms with Gasteiger partial charge in [0.1, 0.15) is 6.42 Å². The normalized spacial score (nSPS) is 20.3. The maximum Gasteiger partial charge on any atom is 0.309 e. The molecule has 1 heterocycles. The summed E-state index contributed by atoms with van der Waals surface area (Å²) in [6, 6.07) is 2.52. The lowest BCUT2D eigenvalue weighted by molar-refractivity contribution is -0.383. The smallest absolute Gasteiger partial charge is 0.309 e. The fourth-order valence-corrected chi connectivity index (χ4v) is 2.23. The number of nitro benzene ring substituents is 1. The molecule has 1 unspecified atom stereocenters. The van der Waals surface area contributed by atoms with E-state index in [0.717, 1.165) is 6.07 Å². The van der Waals surface area contributed by atoms with E-state index in [-0.39, 0.29) is 28.0 Å². The average Bonchev–Trinajstić information content (AvgIpc) is 2.65. The second-order valence-electron chi connectivity index (χ2n) is 3.98. The zero-order valence-electron chi connectivity index (χ0n) is 9.35. The lowest BCUT2D eigenvalue weighted by Crippen LogP contribution is -2.44. The molecule has 1 aliphatic heterocycles. The van der Waals surface area contributed by atoms with Gasteiger partial charge in [-0.1, -0.05) is 11.6 Å². The fraction of sp³-hybridized carbons (Fsp3) is 0.300. The quantitative estimate of drug-likeness (QED) is 0.503. The molecule has 19 heavy (non-hydrogen) atoms. The van der Waals surface area contributed by atoms with E-state index in [4.69, 9.17) is 33.0 Å². The lowest BCUT2D eigenvalue weighted by atomic mass is 10.1. The highest BCUT2D eigenvalue weighted by Crippen LogP contribution is 2.46. The van der Waals surface area contributed by atoms with Crippen LogP contribution in [0.5, 0.6) is 5.75 Å². The zero-order valence-corrected chi connectivity index (χ0v) is 10.9. The molecule has 0 bridgehead atoms. The number of nitro groups is 1. The number of rotatable bonds is 4. The molecule has 0 radical (unpaired) electrons. The van der Waals surface area contributed by atoms with E-state index in [1.54, 1.807) is 0 Å². The SMILES string of the molecule is O=C(O)CC1(CCl)Nc2c(cc(Cl)cc2[N+](=O)[O-])O1. The molecule has 0 spiro atoms. The van der Waals surface area contributed by atoms with Crippen molar-refractivity contribution in [2.45, 2.75) is 12.1 Å². The average molecular weight is 307 g/mol. The molecule has 9 heteroatoms. The predicted octanol–water partition coefficient (Wildman–Crippen LogP) is 2.46. The minimum absolute atomic E-state index is 0.0799. The van der Waals surface area contributed by atoms with E-state index in [0.29, 0.717) is 0 Å². The van der Waals surface area contributed by atoms with E-state index in [9.17, 15) is 14.9 Å². The summed E-state index contributed by atoms with van der Waals surface area (Å²) in [6.07, 6.45) is -0.444. The molecule has 102 valence electrons. The van der Waals surface area contributed by atoms with Gasteiger partial charge in [-0.2, -0.15) is 0 Å². The first-order chi connectivity index (χ1) is 8.87. The molecule has 0 saturated carbocycles. The van der Waals surface area contributed by atoms with Crippen LogP contribution in [0.4, 0.5) is 11.4 Å². The van der Waals surface area contributed by atoms with Crippen LogP contribution >= 0.6 is 23.2 Å². The highest BCUT2D eigenvalue weighted by molar-refractivity contribution is 6.31.